The molecule has 14 heavy (non-hydrogen) atoms. The monoisotopic (exact) mass is 196 g/mol. The minimum Gasteiger partial charge on any atom is -0.300 e. The van der Waals surface area contributed by atoms with Crippen LogP contribution in [0.1, 0.15) is 71.1 Å². The van der Waals surface area contributed by atoms with E-state index in [4.69, 9.17) is 0 Å². The summed E-state index contributed by atoms with van der Waals surface area (Å²) in [5.41, 5.74) is 0. The number of carbonyl (C=O) groups is 1. The molecule has 0 radical (unpaired) electrons. The maximum absolute atomic E-state index is 11.4. The van der Waals surface area contributed by atoms with Gasteiger partial charge in [-0.15, -0.1) is 0 Å². The highest BCUT2D eigenvalue weighted by atomic mass is 16.1. The second kappa shape index (κ2) is 7.03. The van der Waals surface area contributed by atoms with Gasteiger partial charge in [0.2, 0.25) is 0 Å². The van der Waals surface area contributed by atoms with E-state index in [2.05, 4.69) is 6.92 Å². The molecule has 1 rings (SSSR count). The van der Waals surface area contributed by atoms with Gasteiger partial charge in [0.25, 0.3) is 0 Å². The van der Waals surface area contributed by atoms with Crippen molar-refractivity contribution < 1.29 is 4.79 Å². The van der Waals surface area contributed by atoms with Gasteiger partial charge in [-0.05, 0) is 18.8 Å². The molecule has 0 unspecified atom stereocenters. The zero-order valence-corrected chi connectivity index (χ0v) is 9.56. The molecule has 0 aliphatic heterocycles. The van der Waals surface area contributed by atoms with Gasteiger partial charge >= 0.3 is 0 Å². The lowest BCUT2D eigenvalue weighted by Gasteiger charge is -2.20. The number of rotatable bonds is 6. The third-order valence-corrected chi connectivity index (χ3v) is 3.37. The fourth-order valence-corrected chi connectivity index (χ4v) is 2.34. The molecular formula is C13H24O. The van der Waals surface area contributed by atoms with E-state index in [0.29, 0.717) is 5.78 Å². The smallest absolute Gasteiger partial charge is 0.132 e. The Labute approximate surface area is 88.3 Å². The highest BCUT2D eigenvalue weighted by molar-refractivity contribution is 5.78. The van der Waals surface area contributed by atoms with Crippen LogP contribution in [0.4, 0.5) is 0 Å². The van der Waals surface area contributed by atoms with Crippen LogP contribution in [-0.4, -0.2) is 5.78 Å². The average molecular weight is 196 g/mol. The van der Waals surface area contributed by atoms with Crippen molar-refractivity contribution in [3.05, 3.63) is 0 Å². The summed E-state index contributed by atoms with van der Waals surface area (Å²) in [5, 5.41) is 0. The van der Waals surface area contributed by atoms with Crippen molar-refractivity contribution in [2.45, 2.75) is 71.1 Å². The van der Waals surface area contributed by atoms with E-state index in [9.17, 15) is 4.79 Å². The van der Waals surface area contributed by atoms with Crippen LogP contribution in [0.3, 0.4) is 0 Å². The molecule has 1 nitrogen and oxygen atoms in total. The highest BCUT2D eigenvalue weighted by Gasteiger charge is 2.14. The Morgan fingerprint density at radius 2 is 1.86 bits per heavy atom. The number of hydrogen-bond donors (Lipinski definition) is 0. The molecule has 1 aliphatic carbocycles. The topological polar surface area (TPSA) is 17.1 Å². The normalized spacial score (nSPS) is 18.4. The van der Waals surface area contributed by atoms with Crippen LogP contribution < -0.4 is 0 Å². The van der Waals surface area contributed by atoms with E-state index in [0.717, 1.165) is 31.6 Å². The minimum absolute atomic E-state index is 0.498. The number of Topliss-reactive ketones (excluding diaryl/α,β-unsaturated/α-hetero) is 1. The van der Waals surface area contributed by atoms with Crippen LogP contribution in [0.5, 0.6) is 0 Å². The first-order chi connectivity index (χ1) is 6.83. The highest BCUT2D eigenvalue weighted by Crippen LogP contribution is 2.27. The molecule has 0 N–H and O–H groups in total. The van der Waals surface area contributed by atoms with Gasteiger partial charge in [-0.25, -0.2) is 0 Å². The lowest BCUT2D eigenvalue weighted by Crippen LogP contribution is -2.08. The van der Waals surface area contributed by atoms with Crippen LogP contribution in [0, 0.1) is 5.92 Å². The summed E-state index contributed by atoms with van der Waals surface area (Å²) in [7, 11) is 0. The SMILES string of the molecule is CCCCC(=O)CCC1CCCCC1. The molecule has 0 aromatic rings. The van der Waals surface area contributed by atoms with Crippen molar-refractivity contribution in [2.24, 2.45) is 5.92 Å². The van der Waals surface area contributed by atoms with Crippen LogP contribution in [0.15, 0.2) is 0 Å². The Morgan fingerprint density at radius 3 is 2.50 bits per heavy atom. The molecular weight excluding hydrogens is 172 g/mol. The first-order valence-corrected chi connectivity index (χ1v) is 6.34. The minimum atomic E-state index is 0.498. The zero-order chi connectivity index (χ0) is 10.2. The molecule has 0 saturated heterocycles. The second-order valence-electron chi connectivity index (χ2n) is 4.68. The lowest BCUT2D eigenvalue weighted by atomic mass is 9.85. The van der Waals surface area contributed by atoms with E-state index in [-0.39, 0.29) is 0 Å². The summed E-state index contributed by atoms with van der Waals surface area (Å²) < 4.78 is 0. The molecule has 1 fully saturated rings. The molecule has 1 saturated carbocycles. The second-order valence-corrected chi connectivity index (χ2v) is 4.68. The van der Waals surface area contributed by atoms with Gasteiger partial charge in [0.15, 0.2) is 0 Å². The van der Waals surface area contributed by atoms with Crippen LogP contribution >= 0.6 is 0 Å². The average Bonchev–Trinajstić information content (AvgIpc) is 2.25. The Kier molecular flexibility index (Phi) is 5.89. The summed E-state index contributed by atoms with van der Waals surface area (Å²) in [6.07, 6.45) is 12.0. The summed E-state index contributed by atoms with van der Waals surface area (Å²) in [6.45, 7) is 2.15. The summed E-state index contributed by atoms with van der Waals surface area (Å²) in [5.74, 6) is 1.37. The maximum Gasteiger partial charge on any atom is 0.132 e. The van der Waals surface area contributed by atoms with Crippen molar-refractivity contribution in [1.82, 2.24) is 0 Å². The lowest BCUT2D eigenvalue weighted by molar-refractivity contribution is -0.119. The zero-order valence-electron chi connectivity index (χ0n) is 9.56. The molecule has 0 amide bonds. The number of carbonyl (C=O) groups excluding carboxylic acids is 1. The van der Waals surface area contributed by atoms with Crippen molar-refractivity contribution in [1.29, 1.82) is 0 Å². The van der Waals surface area contributed by atoms with E-state index >= 15 is 0 Å². The Bertz CT molecular complexity index is 157. The first kappa shape index (κ1) is 11.7. The van der Waals surface area contributed by atoms with E-state index in [1.807, 2.05) is 0 Å². The molecule has 0 bridgehead atoms. The first-order valence-electron chi connectivity index (χ1n) is 6.34. The van der Waals surface area contributed by atoms with Crippen LogP contribution in [0.2, 0.25) is 0 Å². The van der Waals surface area contributed by atoms with Gasteiger partial charge in [0.1, 0.15) is 5.78 Å². The fraction of sp³-hybridized carbons (Fsp3) is 0.923. The third kappa shape index (κ3) is 4.78. The third-order valence-electron chi connectivity index (χ3n) is 3.37. The van der Waals surface area contributed by atoms with Gasteiger partial charge in [-0.3, -0.25) is 4.79 Å². The van der Waals surface area contributed by atoms with E-state index in [1.54, 1.807) is 0 Å². The Morgan fingerprint density at radius 1 is 1.14 bits per heavy atom. The quantitative estimate of drug-likeness (QED) is 0.625. The van der Waals surface area contributed by atoms with Crippen molar-refractivity contribution in [2.75, 3.05) is 0 Å². The molecule has 0 spiro atoms. The van der Waals surface area contributed by atoms with E-state index < -0.39 is 0 Å². The predicted octanol–water partition coefficient (Wildman–Crippen LogP) is 4.11. The van der Waals surface area contributed by atoms with Gasteiger partial charge in [-0.2, -0.15) is 0 Å². The van der Waals surface area contributed by atoms with Crippen LogP contribution in [0.25, 0.3) is 0 Å². The summed E-state index contributed by atoms with van der Waals surface area (Å²) in [4.78, 5) is 11.4. The molecule has 0 atom stereocenters. The van der Waals surface area contributed by atoms with Crippen LogP contribution in [-0.2, 0) is 4.79 Å². The fourth-order valence-electron chi connectivity index (χ4n) is 2.34. The van der Waals surface area contributed by atoms with Crippen molar-refractivity contribution in [3.63, 3.8) is 0 Å². The molecule has 82 valence electrons. The molecule has 0 aromatic carbocycles. The van der Waals surface area contributed by atoms with E-state index in [1.165, 1.54) is 38.5 Å². The number of hydrogen-bond acceptors (Lipinski definition) is 1. The van der Waals surface area contributed by atoms with Gasteiger partial charge in [-0.1, -0.05) is 45.4 Å². The molecule has 0 aromatic heterocycles. The summed E-state index contributed by atoms with van der Waals surface area (Å²) >= 11 is 0. The van der Waals surface area contributed by atoms with Crippen molar-refractivity contribution in [3.8, 4) is 0 Å². The van der Waals surface area contributed by atoms with Gasteiger partial charge < -0.3 is 0 Å². The number of ketones is 1. The Hall–Kier alpha value is -0.330. The largest absolute Gasteiger partial charge is 0.300 e. The predicted molar refractivity (Wildman–Crippen MR) is 60.3 cm³/mol. The number of unbranched alkanes of at least 4 members (excludes halogenated alkanes) is 1. The molecule has 1 heteroatoms. The maximum atomic E-state index is 11.4. The Balaban J connectivity index is 2.03. The van der Waals surface area contributed by atoms with Crippen molar-refractivity contribution >= 4 is 5.78 Å². The molecule has 1 aliphatic rings. The standard InChI is InChI=1S/C13H24O/c1-2-3-9-13(14)11-10-12-7-5-4-6-8-12/h12H,2-11H2,1H3. The molecule has 0 heterocycles. The summed E-state index contributed by atoms with van der Waals surface area (Å²) in [6, 6.07) is 0. The van der Waals surface area contributed by atoms with Gasteiger partial charge in [0.05, 0.1) is 0 Å². The van der Waals surface area contributed by atoms with Gasteiger partial charge in [0, 0.05) is 12.8 Å².